The summed E-state index contributed by atoms with van der Waals surface area (Å²) in [7, 11) is 1.72. The molecule has 1 unspecified atom stereocenters. The van der Waals surface area contributed by atoms with Gasteiger partial charge in [0.15, 0.2) is 0 Å². The number of aromatic amines is 1. The summed E-state index contributed by atoms with van der Waals surface area (Å²) in [4.78, 5) is 4.99. The molecule has 1 aromatic carbocycles. The standard InChI is InChI=1S/C23H36N4O2/c1-16(2)22-12-20(24-25-22)14-26-9-10-27(21(15-26)8-11-28)13-19-6-7-23(29-5)18(4)17(19)3/h6-7,12,16,21,28H,8-11,13-15H2,1-5H3,(H,24,25). The number of benzene rings is 1. The smallest absolute Gasteiger partial charge is 0.122 e. The molecule has 6 nitrogen and oxygen atoms in total. The molecule has 1 fully saturated rings. The average molecular weight is 401 g/mol. The summed E-state index contributed by atoms with van der Waals surface area (Å²) < 4.78 is 5.46. The first-order chi connectivity index (χ1) is 13.9. The normalized spacial score (nSPS) is 18.5. The Bertz CT molecular complexity index is 802. The van der Waals surface area contributed by atoms with Crippen molar-refractivity contribution >= 4 is 0 Å². The zero-order valence-electron chi connectivity index (χ0n) is 18.5. The number of aliphatic hydroxyl groups excluding tert-OH is 1. The summed E-state index contributed by atoms with van der Waals surface area (Å²) in [6.07, 6.45) is 0.797. The second kappa shape index (κ2) is 9.74. The summed E-state index contributed by atoms with van der Waals surface area (Å²) in [6.45, 7) is 13.6. The lowest BCUT2D eigenvalue weighted by atomic mass is 10.00. The Morgan fingerprint density at radius 1 is 1.21 bits per heavy atom. The molecule has 0 amide bonds. The first kappa shape index (κ1) is 21.8. The third-order valence-corrected chi connectivity index (χ3v) is 6.23. The Balaban J connectivity index is 1.66. The van der Waals surface area contributed by atoms with Crippen molar-refractivity contribution in [3.05, 3.63) is 46.3 Å². The first-order valence-electron chi connectivity index (χ1n) is 10.7. The fraction of sp³-hybridized carbons (Fsp3) is 0.609. The van der Waals surface area contributed by atoms with Gasteiger partial charge in [-0.1, -0.05) is 19.9 Å². The van der Waals surface area contributed by atoms with E-state index in [-0.39, 0.29) is 6.61 Å². The minimum absolute atomic E-state index is 0.219. The number of aromatic nitrogens is 2. The number of rotatable bonds is 8. The summed E-state index contributed by atoms with van der Waals surface area (Å²) >= 11 is 0. The molecule has 0 spiro atoms. The SMILES string of the molecule is COc1ccc(CN2CCN(Cc3cc(C(C)C)n[nH]3)CC2CCO)c(C)c1C. The molecule has 0 radical (unpaired) electrons. The lowest BCUT2D eigenvalue weighted by Crippen LogP contribution is -2.52. The molecule has 2 aromatic rings. The van der Waals surface area contributed by atoms with Crippen LogP contribution in [0.5, 0.6) is 5.75 Å². The highest BCUT2D eigenvalue weighted by molar-refractivity contribution is 5.43. The number of methoxy groups -OCH3 is 1. The molecule has 1 aliphatic heterocycles. The summed E-state index contributed by atoms with van der Waals surface area (Å²) in [6, 6.07) is 6.78. The molecular weight excluding hydrogens is 364 g/mol. The predicted molar refractivity (Wildman–Crippen MR) is 116 cm³/mol. The van der Waals surface area contributed by atoms with E-state index in [1.54, 1.807) is 7.11 Å². The highest BCUT2D eigenvalue weighted by Gasteiger charge is 2.27. The van der Waals surface area contributed by atoms with E-state index in [0.29, 0.717) is 12.0 Å². The van der Waals surface area contributed by atoms with Crippen LogP contribution in [-0.4, -0.2) is 64.5 Å². The number of ether oxygens (including phenoxy) is 1. The maximum absolute atomic E-state index is 9.63. The summed E-state index contributed by atoms with van der Waals surface area (Å²) in [5.41, 5.74) is 6.15. The van der Waals surface area contributed by atoms with Crippen molar-refractivity contribution < 1.29 is 9.84 Å². The van der Waals surface area contributed by atoms with Gasteiger partial charge in [-0.25, -0.2) is 0 Å². The first-order valence-corrected chi connectivity index (χ1v) is 10.7. The molecule has 1 aromatic heterocycles. The maximum Gasteiger partial charge on any atom is 0.122 e. The molecule has 3 rings (SSSR count). The lowest BCUT2D eigenvalue weighted by molar-refractivity contribution is 0.0492. The zero-order valence-corrected chi connectivity index (χ0v) is 18.5. The van der Waals surface area contributed by atoms with Gasteiger partial charge in [0.1, 0.15) is 5.75 Å². The largest absolute Gasteiger partial charge is 0.496 e. The molecule has 29 heavy (non-hydrogen) atoms. The van der Waals surface area contributed by atoms with Crippen molar-refractivity contribution in [3.63, 3.8) is 0 Å². The zero-order chi connectivity index (χ0) is 21.0. The van der Waals surface area contributed by atoms with Gasteiger partial charge in [-0.3, -0.25) is 14.9 Å². The average Bonchev–Trinajstić information content (AvgIpc) is 3.16. The second-order valence-corrected chi connectivity index (χ2v) is 8.52. The molecule has 160 valence electrons. The third-order valence-electron chi connectivity index (χ3n) is 6.23. The second-order valence-electron chi connectivity index (χ2n) is 8.52. The quantitative estimate of drug-likeness (QED) is 0.712. The van der Waals surface area contributed by atoms with Crippen molar-refractivity contribution in [2.24, 2.45) is 0 Å². The van der Waals surface area contributed by atoms with E-state index >= 15 is 0 Å². The van der Waals surface area contributed by atoms with Crippen LogP contribution < -0.4 is 4.74 Å². The van der Waals surface area contributed by atoms with E-state index in [2.05, 4.69) is 65.9 Å². The van der Waals surface area contributed by atoms with E-state index in [9.17, 15) is 5.11 Å². The molecule has 0 saturated carbocycles. The van der Waals surface area contributed by atoms with E-state index in [1.165, 1.54) is 22.4 Å². The molecular formula is C23H36N4O2. The number of piperazine rings is 1. The monoisotopic (exact) mass is 400 g/mol. The fourth-order valence-electron chi connectivity index (χ4n) is 4.19. The molecule has 0 bridgehead atoms. The Kier molecular flexibility index (Phi) is 7.33. The Morgan fingerprint density at radius 2 is 2.00 bits per heavy atom. The third kappa shape index (κ3) is 5.18. The molecule has 1 atom stereocenters. The molecule has 2 heterocycles. The van der Waals surface area contributed by atoms with Crippen molar-refractivity contribution in [2.75, 3.05) is 33.4 Å². The fourth-order valence-corrected chi connectivity index (χ4v) is 4.19. The van der Waals surface area contributed by atoms with E-state index in [1.807, 2.05) is 0 Å². The lowest BCUT2D eigenvalue weighted by Gasteiger charge is -2.41. The van der Waals surface area contributed by atoms with Crippen molar-refractivity contribution in [1.29, 1.82) is 0 Å². The Labute approximate surface area is 174 Å². The summed E-state index contributed by atoms with van der Waals surface area (Å²) in [5, 5.41) is 17.2. The van der Waals surface area contributed by atoms with Gasteiger partial charge < -0.3 is 9.84 Å². The van der Waals surface area contributed by atoms with Crippen LogP contribution >= 0.6 is 0 Å². The van der Waals surface area contributed by atoms with E-state index in [4.69, 9.17) is 4.74 Å². The van der Waals surface area contributed by atoms with Crippen molar-refractivity contribution in [3.8, 4) is 5.75 Å². The van der Waals surface area contributed by atoms with Crippen LogP contribution in [0.25, 0.3) is 0 Å². The highest BCUT2D eigenvalue weighted by Crippen LogP contribution is 2.26. The number of hydrogen-bond donors (Lipinski definition) is 2. The highest BCUT2D eigenvalue weighted by atomic mass is 16.5. The van der Waals surface area contributed by atoms with Crippen molar-refractivity contribution in [1.82, 2.24) is 20.0 Å². The number of H-pyrrole nitrogens is 1. The van der Waals surface area contributed by atoms with Crippen LogP contribution in [-0.2, 0) is 13.1 Å². The summed E-state index contributed by atoms with van der Waals surface area (Å²) in [5.74, 6) is 1.39. The van der Waals surface area contributed by atoms with Gasteiger partial charge in [-0.2, -0.15) is 5.10 Å². The Morgan fingerprint density at radius 3 is 2.66 bits per heavy atom. The number of nitrogens with one attached hydrogen (secondary N) is 1. The number of nitrogens with zero attached hydrogens (tertiary/aromatic N) is 3. The predicted octanol–water partition coefficient (Wildman–Crippen LogP) is 3.23. The topological polar surface area (TPSA) is 64.6 Å². The van der Waals surface area contributed by atoms with Gasteiger partial charge in [0.25, 0.3) is 0 Å². The van der Waals surface area contributed by atoms with Crippen molar-refractivity contribution in [2.45, 2.75) is 59.2 Å². The number of aliphatic hydroxyl groups is 1. The van der Waals surface area contributed by atoms with Crippen LogP contribution in [0.15, 0.2) is 18.2 Å². The van der Waals surface area contributed by atoms with Crippen LogP contribution in [0.4, 0.5) is 0 Å². The maximum atomic E-state index is 9.63. The minimum atomic E-state index is 0.219. The van der Waals surface area contributed by atoms with Gasteiger partial charge in [0.2, 0.25) is 0 Å². The molecule has 2 N–H and O–H groups in total. The van der Waals surface area contributed by atoms with E-state index < -0.39 is 0 Å². The van der Waals surface area contributed by atoms with Crippen LogP contribution in [0, 0.1) is 13.8 Å². The van der Waals surface area contributed by atoms with Crippen LogP contribution in [0.1, 0.15) is 54.3 Å². The van der Waals surface area contributed by atoms with Gasteiger partial charge in [0, 0.05) is 51.1 Å². The van der Waals surface area contributed by atoms with E-state index in [0.717, 1.165) is 50.6 Å². The Hall–Kier alpha value is -1.89. The van der Waals surface area contributed by atoms with Gasteiger partial charge in [0.05, 0.1) is 12.8 Å². The van der Waals surface area contributed by atoms with Gasteiger partial charge >= 0.3 is 0 Å². The van der Waals surface area contributed by atoms with Gasteiger partial charge in [-0.15, -0.1) is 0 Å². The minimum Gasteiger partial charge on any atom is -0.496 e. The van der Waals surface area contributed by atoms with Crippen LogP contribution in [0.2, 0.25) is 0 Å². The molecule has 6 heteroatoms. The van der Waals surface area contributed by atoms with Gasteiger partial charge in [-0.05, 0) is 55.0 Å². The van der Waals surface area contributed by atoms with Crippen LogP contribution in [0.3, 0.4) is 0 Å². The molecule has 0 aliphatic carbocycles. The molecule has 1 saturated heterocycles. The molecule has 1 aliphatic rings. The number of hydrogen-bond acceptors (Lipinski definition) is 5.